The summed E-state index contributed by atoms with van der Waals surface area (Å²) in [6, 6.07) is 5.85. The Morgan fingerprint density at radius 1 is 1.10 bits per heavy atom. The van der Waals surface area contributed by atoms with Crippen LogP contribution in [0.25, 0.3) is 0 Å². The van der Waals surface area contributed by atoms with Gasteiger partial charge in [0.15, 0.2) is 11.5 Å². The molecule has 0 radical (unpaired) electrons. The molecule has 160 valence electrons. The van der Waals surface area contributed by atoms with Crippen LogP contribution in [0.1, 0.15) is 48.1 Å². The predicted molar refractivity (Wildman–Crippen MR) is 115 cm³/mol. The van der Waals surface area contributed by atoms with Crippen LogP contribution in [0.4, 0.5) is 5.69 Å². The molecule has 0 saturated heterocycles. The van der Waals surface area contributed by atoms with Crippen molar-refractivity contribution in [2.75, 3.05) is 18.5 Å². The smallest absolute Gasteiger partial charge is 0.259 e. The van der Waals surface area contributed by atoms with Crippen LogP contribution in [-0.2, 0) is 13.1 Å². The molecule has 0 aliphatic heterocycles. The van der Waals surface area contributed by atoms with E-state index in [9.17, 15) is 4.79 Å². The maximum atomic E-state index is 12.7. The van der Waals surface area contributed by atoms with Crippen LogP contribution >= 0.6 is 0 Å². The van der Waals surface area contributed by atoms with Gasteiger partial charge in [-0.1, -0.05) is 6.07 Å². The number of benzene rings is 1. The summed E-state index contributed by atoms with van der Waals surface area (Å²) < 4.78 is 14.9. The molecule has 1 N–H and O–H groups in total. The second-order valence-electron chi connectivity index (χ2n) is 6.89. The van der Waals surface area contributed by atoms with Gasteiger partial charge in [-0.25, -0.2) is 0 Å². The molecule has 0 atom stereocenters. The monoisotopic (exact) mass is 411 g/mol. The summed E-state index contributed by atoms with van der Waals surface area (Å²) in [6.07, 6.45) is 3.45. The van der Waals surface area contributed by atoms with Crippen molar-refractivity contribution in [1.82, 2.24) is 19.6 Å². The van der Waals surface area contributed by atoms with Gasteiger partial charge in [0.1, 0.15) is 0 Å². The fraction of sp³-hybridized carbons (Fsp3) is 0.409. The minimum absolute atomic E-state index is 0.177. The van der Waals surface area contributed by atoms with Crippen molar-refractivity contribution in [1.29, 1.82) is 0 Å². The quantitative estimate of drug-likeness (QED) is 0.579. The van der Waals surface area contributed by atoms with Crippen LogP contribution in [0.15, 0.2) is 30.6 Å². The van der Waals surface area contributed by atoms with E-state index in [-0.39, 0.29) is 5.91 Å². The minimum atomic E-state index is -0.177. The fourth-order valence-electron chi connectivity index (χ4n) is 3.42. The van der Waals surface area contributed by atoms with Gasteiger partial charge in [-0.3, -0.25) is 14.2 Å². The van der Waals surface area contributed by atoms with Crippen molar-refractivity contribution in [3.8, 4) is 11.5 Å². The summed E-state index contributed by atoms with van der Waals surface area (Å²) in [5, 5.41) is 11.7. The highest BCUT2D eigenvalue weighted by atomic mass is 16.5. The van der Waals surface area contributed by atoms with Crippen LogP contribution in [0, 0.1) is 13.8 Å². The summed E-state index contributed by atoms with van der Waals surface area (Å²) in [5.74, 6) is 1.27. The lowest BCUT2D eigenvalue weighted by atomic mass is 10.2. The number of nitrogens with one attached hydrogen (secondary N) is 1. The molecule has 2 heterocycles. The van der Waals surface area contributed by atoms with E-state index in [0.29, 0.717) is 31.0 Å². The Bertz CT molecular complexity index is 1020. The SMILES string of the molecule is CCOc1ccc(Cn2cc(NC(=O)c3c(C)nn(CC)c3C)cn2)cc1OCC. The number of rotatable bonds is 9. The third kappa shape index (κ3) is 4.64. The third-order valence-corrected chi connectivity index (χ3v) is 4.75. The van der Waals surface area contributed by atoms with Gasteiger partial charge in [-0.15, -0.1) is 0 Å². The van der Waals surface area contributed by atoms with Gasteiger partial charge in [0.05, 0.1) is 42.9 Å². The summed E-state index contributed by atoms with van der Waals surface area (Å²) in [5.41, 5.74) is 3.85. The van der Waals surface area contributed by atoms with E-state index in [2.05, 4.69) is 15.5 Å². The van der Waals surface area contributed by atoms with E-state index in [1.54, 1.807) is 10.9 Å². The second-order valence-corrected chi connectivity index (χ2v) is 6.89. The Balaban J connectivity index is 1.72. The number of aryl methyl sites for hydroxylation is 2. The first-order valence-electron chi connectivity index (χ1n) is 10.2. The molecule has 8 nitrogen and oxygen atoms in total. The molecule has 30 heavy (non-hydrogen) atoms. The van der Waals surface area contributed by atoms with Gasteiger partial charge in [0.2, 0.25) is 0 Å². The summed E-state index contributed by atoms with van der Waals surface area (Å²) in [4.78, 5) is 12.7. The molecule has 1 aromatic carbocycles. The van der Waals surface area contributed by atoms with Crippen molar-refractivity contribution >= 4 is 11.6 Å². The number of aromatic nitrogens is 4. The summed E-state index contributed by atoms with van der Waals surface area (Å²) in [6.45, 7) is 12.1. The highest BCUT2D eigenvalue weighted by molar-refractivity contribution is 6.05. The standard InChI is InChI=1S/C22H29N5O3/c1-6-27-16(5)21(15(4)25-27)22(28)24-18-12-23-26(14-18)13-17-9-10-19(29-7-2)20(11-17)30-8-3/h9-12,14H,6-8,13H2,1-5H3,(H,24,28). The fourth-order valence-corrected chi connectivity index (χ4v) is 3.42. The van der Waals surface area contributed by atoms with Crippen LogP contribution in [0.3, 0.4) is 0 Å². The van der Waals surface area contributed by atoms with Gasteiger partial charge in [0, 0.05) is 18.4 Å². The zero-order chi connectivity index (χ0) is 21.7. The molecule has 3 aromatic rings. The Morgan fingerprint density at radius 3 is 2.50 bits per heavy atom. The molecular formula is C22H29N5O3. The van der Waals surface area contributed by atoms with Gasteiger partial charge in [-0.05, 0) is 52.3 Å². The number of carbonyl (C=O) groups excluding carboxylic acids is 1. The highest BCUT2D eigenvalue weighted by Gasteiger charge is 2.18. The summed E-state index contributed by atoms with van der Waals surface area (Å²) >= 11 is 0. The third-order valence-electron chi connectivity index (χ3n) is 4.75. The maximum absolute atomic E-state index is 12.7. The largest absolute Gasteiger partial charge is 0.490 e. The molecule has 2 aromatic heterocycles. The van der Waals surface area contributed by atoms with Crippen molar-refractivity contribution in [3.63, 3.8) is 0 Å². The Hall–Kier alpha value is -3.29. The van der Waals surface area contributed by atoms with Crippen LogP contribution in [-0.4, -0.2) is 38.7 Å². The van der Waals surface area contributed by atoms with E-state index >= 15 is 0 Å². The highest BCUT2D eigenvalue weighted by Crippen LogP contribution is 2.29. The van der Waals surface area contributed by atoms with Crippen LogP contribution in [0.2, 0.25) is 0 Å². The molecule has 0 aliphatic rings. The average molecular weight is 412 g/mol. The molecule has 0 spiro atoms. The molecular weight excluding hydrogens is 382 g/mol. The number of amides is 1. The summed E-state index contributed by atoms with van der Waals surface area (Å²) in [7, 11) is 0. The lowest BCUT2D eigenvalue weighted by molar-refractivity contribution is 0.102. The van der Waals surface area contributed by atoms with Crippen LogP contribution in [0.5, 0.6) is 11.5 Å². The van der Waals surface area contributed by atoms with E-state index < -0.39 is 0 Å². The Kier molecular flexibility index (Phi) is 6.76. The number of carbonyl (C=O) groups is 1. The Morgan fingerprint density at radius 2 is 1.83 bits per heavy atom. The first-order valence-corrected chi connectivity index (χ1v) is 10.2. The molecule has 8 heteroatoms. The number of nitrogens with zero attached hydrogens (tertiary/aromatic N) is 4. The molecule has 0 unspecified atom stereocenters. The van der Waals surface area contributed by atoms with E-state index in [0.717, 1.165) is 35.0 Å². The molecule has 0 fully saturated rings. The first kappa shape index (κ1) is 21.4. The number of hydrogen-bond donors (Lipinski definition) is 1. The van der Waals surface area contributed by atoms with E-state index in [1.807, 2.05) is 63.7 Å². The molecule has 0 bridgehead atoms. The molecule has 1 amide bonds. The van der Waals surface area contributed by atoms with Gasteiger partial charge >= 0.3 is 0 Å². The van der Waals surface area contributed by atoms with Crippen molar-refractivity contribution in [2.45, 2.75) is 47.7 Å². The minimum Gasteiger partial charge on any atom is -0.490 e. The lowest BCUT2D eigenvalue weighted by Crippen LogP contribution is -2.14. The van der Waals surface area contributed by atoms with Crippen molar-refractivity contribution in [3.05, 3.63) is 53.1 Å². The number of anilines is 1. The normalized spacial score (nSPS) is 10.8. The average Bonchev–Trinajstić information content (AvgIpc) is 3.27. The molecule has 0 aliphatic carbocycles. The van der Waals surface area contributed by atoms with Gasteiger partial charge in [-0.2, -0.15) is 10.2 Å². The van der Waals surface area contributed by atoms with Crippen molar-refractivity contribution < 1.29 is 14.3 Å². The second kappa shape index (κ2) is 9.47. The van der Waals surface area contributed by atoms with Gasteiger partial charge in [0.25, 0.3) is 5.91 Å². The Labute approximate surface area is 176 Å². The molecule has 0 saturated carbocycles. The zero-order valence-electron chi connectivity index (χ0n) is 18.2. The topological polar surface area (TPSA) is 83.2 Å². The van der Waals surface area contributed by atoms with Crippen LogP contribution < -0.4 is 14.8 Å². The van der Waals surface area contributed by atoms with Gasteiger partial charge < -0.3 is 14.8 Å². The lowest BCUT2D eigenvalue weighted by Gasteiger charge is -2.12. The first-order chi connectivity index (χ1) is 14.5. The predicted octanol–water partition coefficient (Wildman–Crippen LogP) is 3.81. The maximum Gasteiger partial charge on any atom is 0.259 e. The van der Waals surface area contributed by atoms with E-state index in [4.69, 9.17) is 9.47 Å². The van der Waals surface area contributed by atoms with E-state index in [1.165, 1.54) is 0 Å². The number of hydrogen-bond acceptors (Lipinski definition) is 5. The van der Waals surface area contributed by atoms with Crippen molar-refractivity contribution in [2.24, 2.45) is 0 Å². The zero-order valence-corrected chi connectivity index (χ0v) is 18.2. The number of ether oxygens (including phenoxy) is 2. The molecule has 3 rings (SSSR count).